The van der Waals surface area contributed by atoms with Gasteiger partial charge in [-0.2, -0.15) is 0 Å². The average molecular weight is 174 g/mol. The minimum absolute atomic E-state index is 0.158. The molecule has 0 fully saturated rings. The van der Waals surface area contributed by atoms with Gasteiger partial charge in [-0.25, -0.2) is 5.21 Å². The molecule has 0 saturated carbocycles. The molecule has 0 saturated heterocycles. The standard InChI is InChI=1S/C9H6N2O2/c12-11(13)9-3-1-2-7-4-5-10-6-8(7)9/h1-5H,(H,12,13)/q+2. The van der Waals surface area contributed by atoms with Crippen LogP contribution in [0.2, 0.25) is 0 Å². The Labute approximate surface area is 74.4 Å². The average Bonchev–Trinajstić information content (AvgIpc) is 2.17. The van der Waals surface area contributed by atoms with Crippen LogP contribution < -0.4 is 0 Å². The molecule has 1 aliphatic rings. The summed E-state index contributed by atoms with van der Waals surface area (Å²) in [6.45, 7) is 0. The van der Waals surface area contributed by atoms with Crippen molar-refractivity contribution in [3.05, 3.63) is 40.4 Å². The van der Waals surface area contributed by atoms with Gasteiger partial charge in [0.05, 0.1) is 22.6 Å². The maximum Gasteiger partial charge on any atom is 0.410 e. The first-order valence-corrected chi connectivity index (χ1v) is 3.70. The fourth-order valence-corrected chi connectivity index (χ4v) is 1.20. The van der Waals surface area contributed by atoms with E-state index in [4.69, 9.17) is 5.21 Å². The largest absolute Gasteiger partial charge is 0.410 e. The Hall–Kier alpha value is -2.06. The van der Waals surface area contributed by atoms with E-state index in [1.807, 2.05) is 6.07 Å². The van der Waals surface area contributed by atoms with Crippen LogP contribution in [0.5, 0.6) is 0 Å². The molecule has 1 aromatic rings. The summed E-state index contributed by atoms with van der Waals surface area (Å²) in [6, 6.07) is 5.01. The topological polar surface area (TPSA) is 52.7 Å². The summed E-state index contributed by atoms with van der Waals surface area (Å²) < 4.78 is 0. The third-order valence-corrected chi connectivity index (χ3v) is 1.79. The molecule has 0 spiro atoms. The summed E-state index contributed by atoms with van der Waals surface area (Å²) in [7, 11) is 0. The number of benzene rings is 1. The van der Waals surface area contributed by atoms with Gasteiger partial charge in [0.1, 0.15) is 12.4 Å². The first kappa shape index (κ1) is 7.58. The van der Waals surface area contributed by atoms with Crippen LogP contribution in [0.4, 0.5) is 5.69 Å². The maximum atomic E-state index is 10.7. The molecule has 2 rings (SSSR count). The lowest BCUT2D eigenvalue weighted by molar-refractivity contribution is -0.729. The van der Waals surface area contributed by atoms with Gasteiger partial charge in [0.25, 0.3) is 5.56 Å². The molecule has 4 nitrogen and oxygen atoms in total. The van der Waals surface area contributed by atoms with E-state index in [0.29, 0.717) is 5.56 Å². The van der Waals surface area contributed by atoms with Crippen molar-refractivity contribution in [3.8, 4) is 0 Å². The zero-order valence-corrected chi connectivity index (χ0v) is 6.64. The van der Waals surface area contributed by atoms with E-state index in [0.717, 1.165) is 5.56 Å². The van der Waals surface area contributed by atoms with Gasteiger partial charge in [0.2, 0.25) is 0 Å². The quantitative estimate of drug-likeness (QED) is 0.521. The molecule has 1 aliphatic heterocycles. The molecule has 0 aliphatic carbocycles. The lowest BCUT2D eigenvalue weighted by atomic mass is 10.1. The highest BCUT2D eigenvalue weighted by Gasteiger charge is 2.28. The maximum absolute atomic E-state index is 10.7. The van der Waals surface area contributed by atoms with Crippen molar-refractivity contribution >= 4 is 18.0 Å². The highest BCUT2D eigenvalue weighted by molar-refractivity contribution is 5.92. The van der Waals surface area contributed by atoms with Crippen LogP contribution in [0.1, 0.15) is 11.1 Å². The zero-order chi connectivity index (χ0) is 9.26. The molecule has 1 heterocycles. The second-order valence-corrected chi connectivity index (χ2v) is 2.57. The molecule has 13 heavy (non-hydrogen) atoms. The van der Waals surface area contributed by atoms with E-state index in [-0.39, 0.29) is 10.6 Å². The number of rotatable bonds is 1. The van der Waals surface area contributed by atoms with Crippen LogP contribution in [0.25, 0.3) is 6.08 Å². The van der Waals surface area contributed by atoms with Crippen LogP contribution in [0.15, 0.2) is 29.4 Å². The molecule has 0 unspecified atom stereocenters. The van der Waals surface area contributed by atoms with Gasteiger partial charge in [-0.05, 0) is 12.1 Å². The Morgan fingerprint density at radius 2 is 2.31 bits per heavy atom. The number of hydrogen-bond donors (Lipinski definition) is 1. The summed E-state index contributed by atoms with van der Waals surface area (Å²) >= 11 is 0. The van der Waals surface area contributed by atoms with Gasteiger partial charge >= 0.3 is 10.6 Å². The fourth-order valence-electron chi connectivity index (χ4n) is 1.20. The number of hydrogen-bond acceptors (Lipinski definition) is 2. The van der Waals surface area contributed by atoms with Crippen molar-refractivity contribution in [2.24, 2.45) is 4.99 Å². The minimum Gasteiger partial charge on any atom is -0.232 e. The van der Waals surface area contributed by atoms with E-state index in [1.165, 1.54) is 6.07 Å². The summed E-state index contributed by atoms with van der Waals surface area (Å²) in [5.41, 5.74) is 1.50. The SMILES string of the molecule is O=[N+](O)c1cccc2c1[C+]=NC=C2. The van der Waals surface area contributed by atoms with Crippen molar-refractivity contribution in [2.75, 3.05) is 0 Å². The van der Waals surface area contributed by atoms with E-state index >= 15 is 0 Å². The van der Waals surface area contributed by atoms with Gasteiger partial charge in [0, 0.05) is 0 Å². The summed E-state index contributed by atoms with van der Waals surface area (Å²) in [5.74, 6) is 0. The lowest BCUT2D eigenvalue weighted by Gasteiger charge is -1.91. The van der Waals surface area contributed by atoms with Crippen LogP contribution in [0.3, 0.4) is 0 Å². The monoisotopic (exact) mass is 174 g/mol. The molecular formula is C9H6N2O2+2. The molecule has 0 amide bonds. The first-order chi connectivity index (χ1) is 6.29. The minimum atomic E-state index is -0.180. The Balaban J connectivity index is 2.67. The normalized spacial score (nSPS) is 12.0. The second-order valence-electron chi connectivity index (χ2n) is 2.57. The molecule has 0 aromatic heterocycles. The Kier molecular flexibility index (Phi) is 1.61. The Morgan fingerprint density at radius 3 is 3.08 bits per heavy atom. The van der Waals surface area contributed by atoms with Crippen LogP contribution in [-0.2, 0) is 0 Å². The van der Waals surface area contributed by atoms with E-state index in [1.54, 1.807) is 18.3 Å². The third-order valence-electron chi connectivity index (χ3n) is 1.79. The predicted octanol–water partition coefficient (Wildman–Crippen LogP) is 1.77. The van der Waals surface area contributed by atoms with Crippen molar-refractivity contribution in [1.29, 1.82) is 0 Å². The summed E-state index contributed by atoms with van der Waals surface area (Å²) in [4.78, 5) is 14.3. The zero-order valence-electron chi connectivity index (χ0n) is 6.64. The number of fused-ring (bicyclic) bond motifs is 1. The van der Waals surface area contributed by atoms with Gasteiger partial charge < -0.3 is 0 Å². The molecule has 4 heteroatoms. The van der Waals surface area contributed by atoms with E-state index in [2.05, 4.69) is 11.2 Å². The molecule has 0 atom stereocenters. The molecule has 62 valence electrons. The van der Waals surface area contributed by atoms with Gasteiger partial charge in [-0.15, -0.1) is 4.99 Å². The van der Waals surface area contributed by atoms with Crippen LogP contribution in [0, 0.1) is 4.91 Å². The van der Waals surface area contributed by atoms with Crippen molar-refractivity contribution < 1.29 is 10.1 Å². The highest BCUT2D eigenvalue weighted by Crippen LogP contribution is 2.22. The Morgan fingerprint density at radius 1 is 1.46 bits per heavy atom. The van der Waals surface area contributed by atoms with Crippen molar-refractivity contribution in [3.63, 3.8) is 0 Å². The van der Waals surface area contributed by atoms with Gasteiger partial charge in [0.15, 0.2) is 0 Å². The molecule has 1 N–H and O–H groups in total. The van der Waals surface area contributed by atoms with Crippen LogP contribution in [-0.4, -0.2) is 16.3 Å². The Bertz CT molecular complexity index is 422. The molecule has 1 aromatic carbocycles. The highest BCUT2D eigenvalue weighted by atomic mass is 16.6. The van der Waals surface area contributed by atoms with E-state index < -0.39 is 0 Å². The van der Waals surface area contributed by atoms with Crippen molar-refractivity contribution in [1.82, 2.24) is 0 Å². The second kappa shape index (κ2) is 2.77. The van der Waals surface area contributed by atoms with Gasteiger partial charge in [-0.3, -0.25) is 0 Å². The first-order valence-electron chi connectivity index (χ1n) is 3.70. The van der Waals surface area contributed by atoms with Crippen molar-refractivity contribution in [2.45, 2.75) is 0 Å². The number of aliphatic imine (C=N–C) groups is 1. The molecular weight excluding hydrogens is 168 g/mol. The summed E-state index contributed by atoms with van der Waals surface area (Å²) in [5, 5.41) is 8.75. The smallest absolute Gasteiger partial charge is 0.232 e. The molecule has 0 bridgehead atoms. The van der Waals surface area contributed by atoms with E-state index in [9.17, 15) is 4.91 Å². The predicted molar refractivity (Wildman–Crippen MR) is 47.1 cm³/mol. The lowest BCUT2D eigenvalue weighted by Crippen LogP contribution is -2.00. The van der Waals surface area contributed by atoms with Crippen LogP contribution >= 0.6 is 0 Å². The van der Waals surface area contributed by atoms with Gasteiger partial charge in [-0.1, -0.05) is 0 Å². The third kappa shape index (κ3) is 1.19. The summed E-state index contributed by atoms with van der Waals surface area (Å²) in [6.07, 6.45) is 5.98. The fraction of sp³-hybridized carbons (Fsp3) is 0. The molecule has 0 radical (unpaired) electrons. The number of nitrogens with zero attached hydrogens (tertiary/aromatic N) is 2.